The van der Waals surface area contributed by atoms with Crippen LogP contribution in [0.4, 0.5) is 0 Å². The van der Waals surface area contributed by atoms with Crippen LogP contribution < -0.4 is 10.6 Å². The van der Waals surface area contributed by atoms with Gasteiger partial charge in [0.25, 0.3) is 0 Å². The van der Waals surface area contributed by atoms with Crippen molar-refractivity contribution >= 4 is 60.8 Å². The molecule has 0 aromatic heterocycles. The quantitative estimate of drug-likeness (QED) is 0.250. The molecule has 0 bridgehead atoms. The smallest absolute Gasteiger partial charge is 0.326 e. The fraction of sp³-hybridized carbons (Fsp3) is 0.667. The minimum Gasteiger partial charge on any atom is -0.480 e. The summed E-state index contributed by atoms with van der Waals surface area (Å²) in [5.74, 6) is -2.90. The van der Waals surface area contributed by atoms with Gasteiger partial charge in [-0.2, -0.15) is 25.3 Å². The van der Waals surface area contributed by atoms with E-state index in [-0.39, 0.29) is 24.3 Å². The zero-order valence-electron chi connectivity index (χ0n) is 12.2. The average Bonchev–Trinajstić information content (AvgIpc) is 2.46. The Labute approximate surface area is 149 Å². The highest BCUT2D eigenvalue weighted by Gasteiger charge is 2.20. The second kappa shape index (κ2) is 12.4. The van der Waals surface area contributed by atoms with E-state index in [0.29, 0.717) is 11.5 Å². The molecule has 4 N–H and O–H groups in total. The maximum atomic E-state index is 11.6. The van der Waals surface area contributed by atoms with Crippen molar-refractivity contribution in [2.24, 2.45) is 0 Å². The number of hydrogen-bond acceptors (Lipinski definition) is 7. The normalized spacial score (nSPS) is 13.0. The Kier molecular flexibility index (Phi) is 11.8. The van der Waals surface area contributed by atoms with Gasteiger partial charge in [0.05, 0.1) is 11.5 Å². The largest absolute Gasteiger partial charge is 0.480 e. The van der Waals surface area contributed by atoms with Gasteiger partial charge in [-0.15, -0.1) is 11.8 Å². The number of rotatable bonds is 12. The molecule has 0 aliphatic carbocycles. The van der Waals surface area contributed by atoms with Crippen LogP contribution in [0.25, 0.3) is 0 Å². The van der Waals surface area contributed by atoms with Crippen LogP contribution in [-0.2, 0) is 19.2 Å². The molecule has 0 spiro atoms. The van der Waals surface area contributed by atoms with Gasteiger partial charge in [0.1, 0.15) is 12.1 Å². The van der Waals surface area contributed by atoms with Crippen LogP contribution in [0.3, 0.4) is 0 Å². The minimum atomic E-state index is -1.15. The molecule has 0 aromatic rings. The molecule has 0 rings (SSSR count). The molecule has 2 amide bonds. The standard InChI is InChI=1S/C12H20N2O6S3/c15-9(13-7(1-3-21)11(17)18)5-23-6-10(16)14-8(2-4-22)12(19)20/h7-8,21-22H,1-6H2,(H,13,15)(H,14,16)(H,17,18)(H,19,20). The minimum absolute atomic E-state index is 0.103. The first-order valence-corrected chi connectivity index (χ1v) is 9.07. The van der Waals surface area contributed by atoms with Gasteiger partial charge in [-0.1, -0.05) is 0 Å². The highest BCUT2D eigenvalue weighted by atomic mass is 32.2. The van der Waals surface area contributed by atoms with Crippen LogP contribution >= 0.6 is 37.0 Å². The molecule has 23 heavy (non-hydrogen) atoms. The van der Waals surface area contributed by atoms with Crippen molar-refractivity contribution in [1.29, 1.82) is 0 Å². The second-order valence-corrected chi connectivity index (χ2v) is 6.31. The fourth-order valence-electron chi connectivity index (χ4n) is 1.48. The fourth-order valence-corrected chi connectivity index (χ4v) is 2.64. The molecule has 0 radical (unpaired) electrons. The zero-order valence-corrected chi connectivity index (χ0v) is 14.8. The van der Waals surface area contributed by atoms with Gasteiger partial charge in [0.2, 0.25) is 11.8 Å². The van der Waals surface area contributed by atoms with Gasteiger partial charge in [-0.3, -0.25) is 9.59 Å². The summed E-state index contributed by atoms with van der Waals surface area (Å²) in [5.41, 5.74) is 0. The van der Waals surface area contributed by atoms with Gasteiger partial charge in [-0.25, -0.2) is 9.59 Å². The molecule has 0 aliphatic heterocycles. The van der Waals surface area contributed by atoms with Crippen molar-refractivity contribution in [2.45, 2.75) is 24.9 Å². The van der Waals surface area contributed by atoms with Crippen molar-refractivity contribution in [1.82, 2.24) is 10.6 Å². The predicted molar refractivity (Wildman–Crippen MR) is 93.4 cm³/mol. The Bertz CT molecular complexity index is 397. The highest BCUT2D eigenvalue weighted by Crippen LogP contribution is 2.02. The first kappa shape index (κ1) is 21.9. The van der Waals surface area contributed by atoms with Crippen molar-refractivity contribution in [3.05, 3.63) is 0 Å². The maximum absolute atomic E-state index is 11.6. The van der Waals surface area contributed by atoms with Gasteiger partial charge >= 0.3 is 11.9 Å². The van der Waals surface area contributed by atoms with Crippen LogP contribution in [0.2, 0.25) is 0 Å². The summed E-state index contributed by atoms with van der Waals surface area (Å²) >= 11 is 8.79. The average molecular weight is 385 g/mol. The Balaban J connectivity index is 4.13. The lowest BCUT2D eigenvalue weighted by Crippen LogP contribution is -2.43. The van der Waals surface area contributed by atoms with E-state index in [1.165, 1.54) is 0 Å². The van der Waals surface area contributed by atoms with Crippen molar-refractivity contribution in [3.8, 4) is 0 Å². The van der Waals surface area contributed by atoms with Crippen LogP contribution in [0.5, 0.6) is 0 Å². The van der Waals surface area contributed by atoms with E-state index in [4.69, 9.17) is 10.2 Å². The topological polar surface area (TPSA) is 133 Å². The highest BCUT2D eigenvalue weighted by molar-refractivity contribution is 8.00. The molecule has 0 heterocycles. The van der Waals surface area contributed by atoms with Crippen molar-refractivity contribution < 1.29 is 29.4 Å². The lowest BCUT2D eigenvalue weighted by atomic mass is 10.2. The predicted octanol–water partition coefficient (Wildman–Crippen LogP) is -0.502. The second-order valence-electron chi connectivity index (χ2n) is 4.43. The van der Waals surface area contributed by atoms with E-state index < -0.39 is 35.8 Å². The number of carboxylic acid groups (broad SMARTS) is 2. The van der Waals surface area contributed by atoms with Gasteiger partial charge < -0.3 is 20.8 Å². The van der Waals surface area contributed by atoms with Crippen LogP contribution in [0.1, 0.15) is 12.8 Å². The lowest BCUT2D eigenvalue weighted by molar-refractivity contribution is -0.141. The summed E-state index contributed by atoms with van der Waals surface area (Å²) in [7, 11) is 0. The number of carbonyl (C=O) groups is 4. The first-order valence-electron chi connectivity index (χ1n) is 6.65. The van der Waals surface area contributed by atoms with Crippen LogP contribution in [0, 0.1) is 0 Å². The number of carbonyl (C=O) groups excluding carboxylic acids is 2. The van der Waals surface area contributed by atoms with E-state index >= 15 is 0 Å². The molecule has 0 saturated heterocycles. The molecule has 8 nitrogen and oxygen atoms in total. The summed E-state index contributed by atoms with van der Waals surface area (Å²) in [6.07, 6.45) is 0.388. The molecule has 0 aromatic carbocycles. The van der Waals surface area contributed by atoms with E-state index in [2.05, 4.69) is 35.9 Å². The number of amides is 2. The maximum Gasteiger partial charge on any atom is 0.326 e. The summed E-state index contributed by atoms with van der Waals surface area (Å²) < 4.78 is 0. The Hall–Kier alpha value is -1.07. The summed E-state index contributed by atoms with van der Waals surface area (Å²) in [5, 5.41) is 22.4. The number of carboxylic acids is 2. The number of thioether (sulfide) groups is 1. The molecule has 0 fully saturated rings. The van der Waals surface area contributed by atoms with Gasteiger partial charge in [0, 0.05) is 0 Å². The van der Waals surface area contributed by atoms with Crippen LogP contribution in [0.15, 0.2) is 0 Å². The van der Waals surface area contributed by atoms with Gasteiger partial charge in [0.15, 0.2) is 0 Å². The van der Waals surface area contributed by atoms with E-state index in [0.717, 1.165) is 11.8 Å². The zero-order chi connectivity index (χ0) is 17.8. The number of thiol groups is 2. The molecular formula is C12H20N2O6S3. The third-order valence-electron chi connectivity index (χ3n) is 2.57. The van der Waals surface area contributed by atoms with Crippen molar-refractivity contribution in [3.63, 3.8) is 0 Å². The molecule has 2 unspecified atom stereocenters. The molecule has 0 saturated carbocycles. The molecule has 132 valence electrons. The molecule has 2 atom stereocenters. The van der Waals surface area contributed by atoms with Gasteiger partial charge in [-0.05, 0) is 24.3 Å². The van der Waals surface area contributed by atoms with E-state index in [9.17, 15) is 19.2 Å². The summed E-state index contributed by atoms with van der Waals surface area (Å²) in [4.78, 5) is 44.9. The number of nitrogens with one attached hydrogen (secondary N) is 2. The Morgan fingerprint density at radius 3 is 1.43 bits per heavy atom. The Morgan fingerprint density at radius 1 is 0.826 bits per heavy atom. The van der Waals surface area contributed by atoms with E-state index in [1.54, 1.807) is 0 Å². The third-order valence-corrected chi connectivity index (χ3v) is 4.02. The first-order chi connectivity index (χ1) is 10.8. The summed E-state index contributed by atoms with van der Waals surface area (Å²) in [6.45, 7) is 0. The SMILES string of the molecule is O=C(CSCC(=O)NC(CCS)C(=O)O)NC(CCS)C(=O)O. The molecule has 0 aliphatic rings. The monoisotopic (exact) mass is 384 g/mol. The molecule has 11 heteroatoms. The van der Waals surface area contributed by atoms with Crippen LogP contribution in [-0.4, -0.2) is 69.1 Å². The number of aliphatic carboxylic acids is 2. The Morgan fingerprint density at radius 2 is 1.17 bits per heavy atom. The summed E-state index contributed by atoms with van der Waals surface area (Å²) in [6, 6.07) is -2.03. The van der Waals surface area contributed by atoms with Crippen molar-refractivity contribution in [2.75, 3.05) is 23.0 Å². The lowest BCUT2D eigenvalue weighted by Gasteiger charge is -2.14. The van der Waals surface area contributed by atoms with E-state index in [1.807, 2.05) is 0 Å². The number of hydrogen-bond donors (Lipinski definition) is 6. The third kappa shape index (κ3) is 10.3. The molecular weight excluding hydrogens is 364 g/mol.